The van der Waals surface area contributed by atoms with E-state index < -0.39 is 35.9 Å². The summed E-state index contributed by atoms with van der Waals surface area (Å²) in [6.45, 7) is 9.08. The maximum absolute atomic E-state index is 13.1. The zero-order valence-electron chi connectivity index (χ0n) is 40.4. The lowest BCUT2D eigenvalue weighted by Gasteiger charge is -2.44. The number of carboxylic acid groups (broad SMARTS) is 2. The third-order valence-corrected chi connectivity index (χ3v) is 12.8. The molecular weight excluding hydrogens is 899 g/mol. The van der Waals surface area contributed by atoms with Gasteiger partial charge in [-0.25, -0.2) is 14.6 Å². The van der Waals surface area contributed by atoms with E-state index in [1.165, 1.54) is 9.80 Å². The molecular formula is C58H57N3O10. The molecule has 9 rings (SSSR count). The topological polar surface area (TPSA) is 169 Å². The number of carbonyl (C=O) groups is 4. The van der Waals surface area contributed by atoms with Gasteiger partial charge in [-0.2, -0.15) is 0 Å². The molecule has 71 heavy (non-hydrogen) atoms. The number of carbonyl (C=O) groups excluding carboxylic acids is 2. The van der Waals surface area contributed by atoms with Crippen molar-refractivity contribution < 1.29 is 48.0 Å². The standard InChI is InChI=1S/C33H34N2O5.C25H23NO5/c1-21-28(34-30(40-21)23-10-6-5-7-11-23)17-18-39-26-12-8-9-22(19-26)20-27-29(32(37)38)35(31(27)36)25-15-13-24(14-16-25)33(2,3)4;1-30-20-12-10-19(11-13-20)26-23(25(28)29)22(24(26)27)15-18-8-5-9-21(14-18)31-16-17-6-3-2-4-7-17/h5-16,19,27,29H,17-18,20H2,1-4H3,(H,37,38);2-14,22-23H,15-16H2,1H3,(H,28,29)/t27-,29-;22-,23-/m00/s1. The highest BCUT2D eigenvalue weighted by atomic mass is 16.5. The lowest BCUT2D eigenvalue weighted by molar-refractivity contribution is -0.149. The Bertz CT molecular complexity index is 2970. The molecule has 0 bridgehead atoms. The lowest BCUT2D eigenvalue weighted by atomic mass is 9.81. The van der Waals surface area contributed by atoms with Crippen LogP contribution in [-0.2, 0) is 50.5 Å². The van der Waals surface area contributed by atoms with E-state index in [0.717, 1.165) is 39.3 Å². The summed E-state index contributed by atoms with van der Waals surface area (Å²) in [6.07, 6.45) is 1.24. The third kappa shape index (κ3) is 11.5. The van der Waals surface area contributed by atoms with Crippen molar-refractivity contribution in [3.05, 3.63) is 191 Å². The van der Waals surface area contributed by atoms with Crippen LogP contribution < -0.4 is 24.0 Å². The Hall–Kier alpha value is -8.19. The first-order valence-corrected chi connectivity index (χ1v) is 23.5. The van der Waals surface area contributed by atoms with Gasteiger partial charge in [0, 0.05) is 23.4 Å². The van der Waals surface area contributed by atoms with E-state index in [1.54, 1.807) is 31.4 Å². The normalized spacial score (nSPS) is 17.3. The van der Waals surface area contributed by atoms with Gasteiger partial charge in [0.2, 0.25) is 17.7 Å². The number of oxazole rings is 1. The first-order valence-electron chi connectivity index (χ1n) is 23.5. The van der Waals surface area contributed by atoms with Crippen molar-refractivity contribution in [1.82, 2.24) is 4.98 Å². The van der Waals surface area contributed by atoms with Gasteiger partial charge in [-0.3, -0.25) is 19.4 Å². The average molecular weight is 956 g/mol. The molecule has 0 spiro atoms. The van der Waals surface area contributed by atoms with E-state index in [9.17, 15) is 29.4 Å². The van der Waals surface area contributed by atoms with Gasteiger partial charge in [0.1, 0.15) is 41.7 Å². The Balaban J connectivity index is 0.000000197. The second-order valence-electron chi connectivity index (χ2n) is 18.7. The van der Waals surface area contributed by atoms with Crippen LogP contribution in [0.15, 0.2) is 162 Å². The van der Waals surface area contributed by atoms with E-state index in [2.05, 4.69) is 25.8 Å². The number of methoxy groups -OCH3 is 1. The van der Waals surface area contributed by atoms with Crippen LogP contribution in [0.25, 0.3) is 11.5 Å². The molecule has 13 heteroatoms. The van der Waals surface area contributed by atoms with E-state index in [-0.39, 0.29) is 17.2 Å². The summed E-state index contributed by atoms with van der Waals surface area (Å²) in [7, 11) is 1.55. The molecule has 2 amide bonds. The fourth-order valence-electron chi connectivity index (χ4n) is 8.90. The Kier molecular flexibility index (Phi) is 15.0. The van der Waals surface area contributed by atoms with Crippen LogP contribution >= 0.6 is 0 Å². The Labute approximate surface area is 413 Å². The summed E-state index contributed by atoms with van der Waals surface area (Å²) in [5.41, 5.74) is 6.80. The molecule has 2 N–H and O–H groups in total. The predicted octanol–water partition coefficient (Wildman–Crippen LogP) is 10.2. The summed E-state index contributed by atoms with van der Waals surface area (Å²) < 4.78 is 22.8. The predicted molar refractivity (Wildman–Crippen MR) is 270 cm³/mol. The van der Waals surface area contributed by atoms with E-state index in [0.29, 0.717) is 67.0 Å². The van der Waals surface area contributed by atoms with Crippen LogP contribution in [-0.4, -0.2) is 64.8 Å². The minimum atomic E-state index is -1.02. The van der Waals surface area contributed by atoms with Crippen molar-refractivity contribution in [2.75, 3.05) is 23.5 Å². The minimum absolute atomic E-state index is 0.0295. The highest BCUT2D eigenvalue weighted by molar-refractivity contribution is 6.11. The molecule has 2 fully saturated rings. The van der Waals surface area contributed by atoms with Gasteiger partial charge in [0.05, 0.1) is 31.2 Å². The van der Waals surface area contributed by atoms with Crippen LogP contribution in [0.3, 0.4) is 0 Å². The van der Waals surface area contributed by atoms with Crippen molar-refractivity contribution in [3.8, 4) is 28.7 Å². The number of carboxylic acids is 2. The van der Waals surface area contributed by atoms with E-state index >= 15 is 0 Å². The fraction of sp³-hybridized carbons (Fsp3) is 0.259. The SMILES string of the molecule is COc1ccc(N2C(=O)[C@@H](Cc3cccc(OCc4ccccc4)c3)[C@H]2C(=O)O)cc1.Cc1oc(-c2ccccc2)nc1CCOc1cccc(C[C@@H]2C(=O)N(c3ccc(C(C)(C)C)cc3)[C@@H]2C(=O)O)c1. The molecule has 1 aromatic heterocycles. The maximum Gasteiger partial charge on any atom is 0.327 e. The zero-order chi connectivity index (χ0) is 50.2. The molecule has 2 aliphatic rings. The van der Waals surface area contributed by atoms with Gasteiger partial charge in [0.15, 0.2) is 0 Å². The number of hydrogen-bond donors (Lipinski definition) is 2. The summed E-state index contributed by atoms with van der Waals surface area (Å²) in [5.74, 6) is -0.315. The van der Waals surface area contributed by atoms with Gasteiger partial charge in [-0.05, 0) is 120 Å². The second-order valence-corrected chi connectivity index (χ2v) is 18.7. The quantitative estimate of drug-likeness (QED) is 0.0834. The summed E-state index contributed by atoms with van der Waals surface area (Å²) in [6, 6.07) is 47.1. The van der Waals surface area contributed by atoms with Crippen molar-refractivity contribution in [1.29, 1.82) is 0 Å². The number of nitrogens with zero attached hydrogens (tertiary/aromatic N) is 3. The number of rotatable bonds is 17. The van der Waals surface area contributed by atoms with Crippen LogP contribution in [0.2, 0.25) is 0 Å². The number of aromatic nitrogens is 1. The lowest BCUT2D eigenvalue weighted by Crippen LogP contribution is -2.65. The van der Waals surface area contributed by atoms with E-state index in [4.69, 9.17) is 18.6 Å². The molecule has 13 nitrogen and oxygen atoms in total. The number of aryl methyl sites for hydroxylation is 1. The molecule has 4 atom stereocenters. The number of β-lactam (4-membered cyclic amide) rings is 2. The molecule has 2 aliphatic heterocycles. The van der Waals surface area contributed by atoms with Crippen LogP contribution in [0.5, 0.6) is 17.2 Å². The third-order valence-electron chi connectivity index (χ3n) is 12.8. The molecule has 6 aromatic carbocycles. The monoisotopic (exact) mass is 955 g/mol. The highest BCUT2D eigenvalue weighted by Gasteiger charge is 2.53. The van der Waals surface area contributed by atoms with Gasteiger partial charge in [0.25, 0.3) is 0 Å². The summed E-state index contributed by atoms with van der Waals surface area (Å²) >= 11 is 0. The highest BCUT2D eigenvalue weighted by Crippen LogP contribution is 2.38. The molecule has 3 heterocycles. The summed E-state index contributed by atoms with van der Waals surface area (Å²) in [5, 5.41) is 19.7. The molecule has 364 valence electrons. The van der Waals surface area contributed by atoms with Crippen molar-refractivity contribution in [3.63, 3.8) is 0 Å². The molecule has 0 unspecified atom stereocenters. The van der Waals surface area contributed by atoms with Crippen molar-refractivity contribution in [2.45, 2.75) is 71.1 Å². The van der Waals surface area contributed by atoms with Crippen molar-refractivity contribution in [2.24, 2.45) is 11.8 Å². The molecule has 0 radical (unpaired) electrons. The van der Waals surface area contributed by atoms with Crippen LogP contribution in [0, 0.1) is 18.8 Å². The molecule has 0 saturated carbocycles. The Morgan fingerprint density at radius 3 is 1.62 bits per heavy atom. The number of anilines is 2. The second kappa shape index (κ2) is 21.6. The number of ether oxygens (including phenoxy) is 3. The van der Waals surface area contributed by atoms with Crippen molar-refractivity contribution >= 4 is 35.1 Å². The average Bonchev–Trinajstić information content (AvgIpc) is 3.75. The van der Waals surface area contributed by atoms with Gasteiger partial charge >= 0.3 is 11.9 Å². The summed E-state index contributed by atoms with van der Waals surface area (Å²) in [4.78, 5) is 57.4. The van der Waals surface area contributed by atoms with Crippen LogP contribution in [0.1, 0.15) is 54.5 Å². The molecule has 7 aromatic rings. The maximum atomic E-state index is 13.1. The Morgan fingerprint density at radius 2 is 1.11 bits per heavy atom. The van der Waals surface area contributed by atoms with Gasteiger partial charge < -0.3 is 28.8 Å². The largest absolute Gasteiger partial charge is 0.497 e. The molecule has 2 saturated heterocycles. The minimum Gasteiger partial charge on any atom is -0.497 e. The number of aliphatic carboxylic acids is 2. The Morgan fingerprint density at radius 1 is 0.620 bits per heavy atom. The van der Waals surface area contributed by atoms with E-state index in [1.807, 2.05) is 140 Å². The van der Waals surface area contributed by atoms with Crippen LogP contribution in [0.4, 0.5) is 11.4 Å². The van der Waals surface area contributed by atoms with Gasteiger partial charge in [-0.1, -0.05) is 106 Å². The first-order chi connectivity index (χ1) is 34.2. The number of hydrogen-bond acceptors (Lipinski definition) is 9. The smallest absolute Gasteiger partial charge is 0.327 e. The fourth-order valence-corrected chi connectivity index (χ4v) is 8.90. The zero-order valence-corrected chi connectivity index (χ0v) is 40.4. The number of benzene rings is 6. The number of amides is 2. The first kappa shape index (κ1) is 49.2. The van der Waals surface area contributed by atoms with Gasteiger partial charge in [-0.15, -0.1) is 0 Å². The molecule has 0 aliphatic carbocycles.